The Kier molecular flexibility index (Phi) is 10.8. The van der Waals surface area contributed by atoms with Crippen LogP contribution in [0.2, 0.25) is 0 Å². The van der Waals surface area contributed by atoms with E-state index in [9.17, 15) is 5.11 Å². The first-order valence-electron chi connectivity index (χ1n) is 8.77. The first-order chi connectivity index (χ1) is 12.1. The third kappa shape index (κ3) is 8.01. The van der Waals surface area contributed by atoms with Gasteiger partial charge in [0, 0.05) is 24.9 Å². The molecule has 0 aliphatic carbocycles. The van der Waals surface area contributed by atoms with Crippen molar-refractivity contribution in [1.82, 2.24) is 15.6 Å². The Morgan fingerprint density at radius 1 is 1.23 bits per heavy atom. The van der Waals surface area contributed by atoms with E-state index in [0.29, 0.717) is 31.4 Å². The second-order valence-electron chi connectivity index (χ2n) is 6.24. The molecule has 0 spiro atoms. The van der Waals surface area contributed by atoms with Crippen LogP contribution in [0.25, 0.3) is 0 Å². The van der Waals surface area contributed by atoms with Crippen LogP contribution in [-0.4, -0.2) is 35.2 Å². The molecule has 0 aliphatic heterocycles. The van der Waals surface area contributed by atoms with Gasteiger partial charge in [0.1, 0.15) is 5.01 Å². The summed E-state index contributed by atoms with van der Waals surface area (Å²) in [6.45, 7) is 8.08. The number of benzene rings is 1. The fourth-order valence-corrected chi connectivity index (χ4v) is 3.20. The minimum atomic E-state index is -0.460. The maximum Gasteiger partial charge on any atom is 0.191 e. The number of nitrogens with one attached hydrogen (secondary N) is 2. The monoisotopic (exact) mass is 488 g/mol. The standard InChI is InChI=1S/C19H28N4OS.HI/c1-4-20-19(22-12-18-23-17(13-25-18)14(2)3)21-11-16(24)10-15-8-6-5-7-9-15;/h5-9,13-14,16,24H,4,10-12H2,1-3H3,(H2,20,21,22);1H. The number of aliphatic hydroxyl groups excluding tert-OH is 1. The van der Waals surface area contributed by atoms with Gasteiger partial charge in [-0.1, -0.05) is 44.2 Å². The van der Waals surface area contributed by atoms with Gasteiger partial charge in [-0.2, -0.15) is 0 Å². The van der Waals surface area contributed by atoms with E-state index in [0.717, 1.165) is 22.8 Å². The molecule has 0 saturated carbocycles. The Balaban J connectivity index is 0.00000338. The summed E-state index contributed by atoms with van der Waals surface area (Å²) in [5.41, 5.74) is 2.24. The Bertz CT molecular complexity index is 661. The van der Waals surface area contributed by atoms with E-state index < -0.39 is 6.10 Å². The van der Waals surface area contributed by atoms with Crippen molar-refractivity contribution >= 4 is 41.3 Å². The molecular weight excluding hydrogens is 459 g/mol. The number of hydrogen-bond donors (Lipinski definition) is 3. The van der Waals surface area contributed by atoms with Crippen LogP contribution in [0.3, 0.4) is 0 Å². The summed E-state index contributed by atoms with van der Waals surface area (Å²) in [4.78, 5) is 9.17. The Morgan fingerprint density at radius 2 is 1.96 bits per heavy atom. The highest BCUT2D eigenvalue weighted by atomic mass is 127. The molecule has 1 atom stereocenters. The van der Waals surface area contributed by atoms with Crippen molar-refractivity contribution in [2.45, 2.75) is 45.8 Å². The maximum absolute atomic E-state index is 10.2. The fourth-order valence-electron chi connectivity index (χ4n) is 2.32. The van der Waals surface area contributed by atoms with Crippen molar-refractivity contribution in [3.05, 3.63) is 52.0 Å². The molecule has 2 aromatic rings. The van der Waals surface area contributed by atoms with Crippen LogP contribution in [0.1, 0.15) is 43.0 Å². The molecule has 0 amide bonds. The number of guanidine groups is 1. The van der Waals surface area contributed by atoms with Crippen molar-refractivity contribution in [3.63, 3.8) is 0 Å². The quantitative estimate of drug-likeness (QED) is 0.302. The highest BCUT2D eigenvalue weighted by Gasteiger charge is 2.08. The lowest BCUT2D eigenvalue weighted by Gasteiger charge is -2.15. The number of aliphatic imine (C=N–C) groups is 1. The lowest BCUT2D eigenvalue weighted by Crippen LogP contribution is -2.41. The number of thiazole rings is 1. The number of halogens is 1. The van der Waals surface area contributed by atoms with Crippen LogP contribution < -0.4 is 10.6 Å². The molecule has 5 nitrogen and oxygen atoms in total. The molecule has 26 heavy (non-hydrogen) atoms. The van der Waals surface area contributed by atoms with Crippen molar-refractivity contribution < 1.29 is 5.11 Å². The SMILES string of the molecule is CCNC(=NCc1nc(C(C)C)cs1)NCC(O)Cc1ccccc1.I. The van der Waals surface area contributed by atoms with E-state index in [4.69, 9.17) is 0 Å². The van der Waals surface area contributed by atoms with E-state index in [1.807, 2.05) is 37.3 Å². The molecule has 1 heterocycles. The minimum Gasteiger partial charge on any atom is -0.391 e. The van der Waals surface area contributed by atoms with Crippen molar-refractivity contribution in [3.8, 4) is 0 Å². The van der Waals surface area contributed by atoms with Gasteiger partial charge in [0.15, 0.2) is 5.96 Å². The average Bonchev–Trinajstić information content (AvgIpc) is 3.07. The number of nitrogens with zero attached hydrogens (tertiary/aromatic N) is 2. The van der Waals surface area contributed by atoms with Crippen LogP contribution >= 0.6 is 35.3 Å². The average molecular weight is 488 g/mol. The summed E-state index contributed by atoms with van der Waals surface area (Å²) >= 11 is 1.64. The van der Waals surface area contributed by atoms with E-state index in [1.54, 1.807) is 11.3 Å². The van der Waals surface area contributed by atoms with Crippen LogP contribution in [-0.2, 0) is 13.0 Å². The van der Waals surface area contributed by atoms with Gasteiger partial charge in [-0.25, -0.2) is 9.98 Å². The van der Waals surface area contributed by atoms with Gasteiger partial charge in [0.05, 0.1) is 18.3 Å². The molecular formula is C19H29IN4OS. The normalized spacial score (nSPS) is 12.6. The molecule has 7 heteroatoms. The van der Waals surface area contributed by atoms with E-state index in [2.05, 4.69) is 39.8 Å². The summed E-state index contributed by atoms with van der Waals surface area (Å²) in [6.07, 6.45) is 0.163. The first-order valence-corrected chi connectivity index (χ1v) is 9.65. The largest absolute Gasteiger partial charge is 0.391 e. The zero-order valence-corrected chi connectivity index (χ0v) is 18.8. The molecule has 1 unspecified atom stereocenters. The molecule has 2 rings (SSSR count). The van der Waals surface area contributed by atoms with Gasteiger partial charge in [0.2, 0.25) is 0 Å². The third-order valence-electron chi connectivity index (χ3n) is 3.70. The number of aromatic nitrogens is 1. The Morgan fingerprint density at radius 3 is 2.58 bits per heavy atom. The highest BCUT2D eigenvalue weighted by molar-refractivity contribution is 14.0. The minimum absolute atomic E-state index is 0. The Hall–Kier alpha value is -1.19. The summed E-state index contributed by atoms with van der Waals surface area (Å²) in [6, 6.07) is 10.0. The fraction of sp³-hybridized carbons (Fsp3) is 0.474. The summed E-state index contributed by atoms with van der Waals surface area (Å²) in [5.74, 6) is 1.14. The van der Waals surface area contributed by atoms with Crippen LogP contribution in [0.5, 0.6) is 0 Å². The molecule has 3 N–H and O–H groups in total. The van der Waals surface area contributed by atoms with Gasteiger partial charge < -0.3 is 15.7 Å². The lowest BCUT2D eigenvalue weighted by atomic mass is 10.1. The molecule has 144 valence electrons. The third-order valence-corrected chi connectivity index (χ3v) is 4.55. The molecule has 1 aromatic carbocycles. The zero-order valence-electron chi connectivity index (χ0n) is 15.6. The lowest BCUT2D eigenvalue weighted by molar-refractivity contribution is 0.177. The van der Waals surface area contributed by atoms with Crippen molar-refractivity contribution in [2.75, 3.05) is 13.1 Å². The summed E-state index contributed by atoms with van der Waals surface area (Å²) < 4.78 is 0. The zero-order chi connectivity index (χ0) is 18.1. The van der Waals surface area contributed by atoms with Gasteiger partial charge in [0.25, 0.3) is 0 Å². The topological polar surface area (TPSA) is 69.5 Å². The van der Waals surface area contributed by atoms with E-state index >= 15 is 0 Å². The summed E-state index contributed by atoms with van der Waals surface area (Å²) in [7, 11) is 0. The molecule has 0 saturated heterocycles. The van der Waals surface area contributed by atoms with Gasteiger partial charge in [-0.05, 0) is 18.4 Å². The maximum atomic E-state index is 10.2. The Labute approximate surface area is 177 Å². The molecule has 0 fully saturated rings. The van der Waals surface area contributed by atoms with Crippen molar-refractivity contribution in [2.24, 2.45) is 4.99 Å². The number of rotatable bonds is 8. The second kappa shape index (κ2) is 12.2. The highest BCUT2D eigenvalue weighted by Crippen LogP contribution is 2.18. The molecule has 0 aliphatic rings. The van der Waals surface area contributed by atoms with Crippen LogP contribution in [0.15, 0.2) is 40.7 Å². The molecule has 1 aromatic heterocycles. The molecule has 0 bridgehead atoms. The van der Waals surface area contributed by atoms with Gasteiger partial charge in [-0.3, -0.25) is 0 Å². The smallest absolute Gasteiger partial charge is 0.191 e. The summed E-state index contributed by atoms with van der Waals surface area (Å²) in [5, 5.41) is 19.7. The second-order valence-corrected chi connectivity index (χ2v) is 7.18. The predicted molar refractivity (Wildman–Crippen MR) is 121 cm³/mol. The first kappa shape index (κ1) is 22.9. The predicted octanol–water partition coefficient (Wildman–Crippen LogP) is 3.54. The van der Waals surface area contributed by atoms with E-state index in [1.165, 1.54) is 0 Å². The van der Waals surface area contributed by atoms with E-state index in [-0.39, 0.29) is 24.0 Å². The van der Waals surface area contributed by atoms with Gasteiger partial charge >= 0.3 is 0 Å². The van der Waals surface area contributed by atoms with Crippen LogP contribution in [0, 0.1) is 0 Å². The number of hydrogen-bond acceptors (Lipinski definition) is 4. The molecule has 0 radical (unpaired) electrons. The van der Waals surface area contributed by atoms with Crippen molar-refractivity contribution in [1.29, 1.82) is 0 Å². The van der Waals surface area contributed by atoms with Gasteiger partial charge in [-0.15, -0.1) is 35.3 Å². The number of aliphatic hydroxyl groups is 1. The van der Waals surface area contributed by atoms with Crippen LogP contribution in [0.4, 0.5) is 0 Å².